The van der Waals surface area contributed by atoms with Crippen molar-refractivity contribution < 1.29 is 13.2 Å². The van der Waals surface area contributed by atoms with Gasteiger partial charge in [-0.15, -0.1) is 0 Å². The molecule has 3 aliphatic rings. The van der Waals surface area contributed by atoms with Gasteiger partial charge in [0.2, 0.25) is 0 Å². The van der Waals surface area contributed by atoms with Gasteiger partial charge in [-0.1, -0.05) is 19.8 Å². The molecule has 3 atom stereocenters. The summed E-state index contributed by atoms with van der Waals surface area (Å²) in [6, 6.07) is 0.115. The standard InChI is InChI=1S/C17H32N2O3S/c1-4-22-16-12-15(17(16)9-5-6-10-17)18(3)23(20,21)19-11-7-8-14(2)13-19/h14-16H,4-13H2,1-3H3/t14-,15-,16+/m0/s1. The first-order chi connectivity index (χ1) is 10.9. The van der Waals surface area contributed by atoms with E-state index < -0.39 is 10.2 Å². The van der Waals surface area contributed by atoms with Gasteiger partial charge in [-0.05, 0) is 44.9 Å². The van der Waals surface area contributed by atoms with Crippen molar-refractivity contribution in [2.45, 2.75) is 70.9 Å². The zero-order valence-corrected chi connectivity index (χ0v) is 15.6. The lowest BCUT2D eigenvalue weighted by Crippen LogP contribution is -2.65. The Morgan fingerprint density at radius 3 is 2.57 bits per heavy atom. The molecule has 0 N–H and O–H groups in total. The van der Waals surface area contributed by atoms with Gasteiger partial charge in [0.05, 0.1) is 6.10 Å². The Morgan fingerprint density at radius 2 is 1.96 bits per heavy atom. The van der Waals surface area contributed by atoms with Gasteiger partial charge in [-0.2, -0.15) is 17.0 Å². The molecule has 2 saturated carbocycles. The molecular weight excluding hydrogens is 312 g/mol. The second kappa shape index (κ2) is 6.62. The Bertz CT molecular complexity index is 516. The highest BCUT2D eigenvalue weighted by molar-refractivity contribution is 7.86. The second-order valence-corrected chi connectivity index (χ2v) is 9.75. The summed E-state index contributed by atoms with van der Waals surface area (Å²) in [5.41, 5.74) is 0.0687. The Hall–Kier alpha value is -0.170. The smallest absolute Gasteiger partial charge is 0.282 e. The third-order valence-electron chi connectivity index (χ3n) is 6.39. The van der Waals surface area contributed by atoms with Gasteiger partial charge < -0.3 is 4.74 Å². The van der Waals surface area contributed by atoms with Gasteiger partial charge in [0, 0.05) is 38.2 Å². The zero-order valence-electron chi connectivity index (χ0n) is 14.8. The molecule has 6 heteroatoms. The average Bonchev–Trinajstić information content (AvgIpc) is 3.03. The number of piperidine rings is 1. The summed E-state index contributed by atoms with van der Waals surface area (Å²) in [6.45, 7) is 6.24. The Morgan fingerprint density at radius 1 is 1.26 bits per heavy atom. The van der Waals surface area contributed by atoms with Crippen LogP contribution in [0.1, 0.15) is 58.8 Å². The summed E-state index contributed by atoms with van der Waals surface area (Å²) in [5.74, 6) is 0.463. The molecular formula is C17H32N2O3S. The van der Waals surface area contributed by atoms with Crippen molar-refractivity contribution in [1.29, 1.82) is 0 Å². The van der Waals surface area contributed by atoms with Crippen molar-refractivity contribution in [3.8, 4) is 0 Å². The molecule has 0 radical (unpaired) electrons. The maximum absolute atomic E-state index is 13.1. The number of nitrogens with zero attached hydrogens (tertiary/aromatic N) is 2. The van der Waals surface area contributed by atoms with E-state index in [1.165, 1.54) is 12.8 Å². The lowest BCUT2D eigenvalue weighted by Gasteiger charge is -2.57. The fraction of sp³-hybridized carbons (Fsp3) is 1.00. The fourth-order valence-electron chi connectivity index (χ4n) is 5.06. The van der Waals surface area contributed by atoms with Crippen LogP contribution in [-0.2, 0) is 14.9 Å². The number of rotatable bonds is 5. The predicted octanol–water partition coefficient (Wildman–Crippen LogP) is 2.63. The third kappa shape index (κ3) is 2.96. The van der Waals surface area contributed by atoms with Crippen molar-refractivity contribution in [3.63, 3.8) is 0 Å². The van der Waals surface area contributed by atoms with Crippen molar-refractivity contribution in [3.05, 3.63) is 0 Å². The quantitative estimate of drug-likeness (QED) is 0.770. The molecule has 0 bridgehead atoms. The van der Waals surface area contributed by atoms with E-state index in [-0.39, 0.29) is 17.6 Å². The SMILES string of the molecule is CCO[C@@H]1C[C@H](N(C)S(=O)(=O)N2CCC[C@H](C)C2)C12CCCC2. The van der Waals surface area contributed by atoms with E-state index in [1.54, 1.807) is 15.7 Å². The molecule has 134 valence electrons. The summed E-state index contributed by atoms with van der Waals surface area (Å²) < 4.78 is 35.5. The van der Waals surface area contributed by atoms with Crippen LogP contribution < -0.4 is 0 Å². The molecule has 0 aromatic heterocycles. The van der Waals surface area contributed by atoms with Crippen molar-refractivity contribution in [1.82, 2.24) is 8.61 Å². The Labute approximate surface area is 141 Å². The molecule has 3 fully saturated rings. The van der Waals surface area contributed by atoms with E-state index in [2.05, 4.69) is 6.92 Å². The van der Waals surface area contributed by atoms with Crippen LogP contribution in [0.2, 0.25) is 0 Å². The van der Waals surface area contributed by atoms with Gasteiger partial charge in [0.25, 0.3) is 10.2 Å². The predicted molar refractivity (Wildman–Crippen MR) is 91.4 cm³/mol. The highest BCUT2D eigenvalue weighted by Gasteiger charge is 2.60. The third-order valence-corrected chi connectivity index (χ3v) is 8.36. The lowest BCUT2D eigenvalue weighted by atomic mass is 9.60. The molecule has 1 aliphatic heterocycles. The van der Waals surface area contributed by atoms with Gasteiger partial charge in [-0.25, -0.2) is 0 Å². The van der Waals surface area contributed by atoms with E-state index >= 15 is 0 Å². The van der Waals surface area contributed by atoms with Crippen molar-refractivity contribution in [2.24, 2.45) is 11.3 Å². The molecule has 3 rings (SSSR count). The highest BCUT2D eigenvalue weighted by atomic mass is 32.2. The topological polar surface area (TPSA) is 49.9 Å². The molecule has 0 aromatic carbocycles. The van der Waals surface area contributed by atoms with Crippen LogP contribution in [-0.4, -0.2) is 55.9 Å². The molecule has 1 heterocycles. The largest absolute Gasteiger partial charge is 0.378 e. The summed E-state index contributed by atoms with van der Waals surface area (Å²) >= 11 is 0. The summed E-state index contributed by atoms with van der Waals surface area (Å²) in [5, 5.41) is 0. The summed E-state index contributed by atoms with van der Waals surface area (Å²) in [6.07, 6.45) is 7.84. The monoisotopic (exact) mass is 344 g/mol. The van der Waals surface area contributed by atoms with Crippen LogP contribution in [0.15, 0.2) is 0 Å². The minimum absolute atomic E-state index is 0.0687. The molecule has 2 aliphatic carbocycles. The maximum atomic E-state index is 13.1. The summed E-state index contributed by atoms with van der Waals surface area (Å²) in [7, 11) is -1.55. The minimum Gasteiger partial charge on any atom is -0.378 e. The molecule has 1 saturated heterocycles. The fourth-order valence-corrected chi connectivity index (χ4v) is 6.84. The first-order valence-corrected chi connectivity index (χ1v) is 10.7. The first-order valence-electron chi connectivity index (χ1n) is 9.26. The Balaban J connectivity index is 1.75. The first kappa shape index (κ1) is 17.6. The molecule has 0 unspecified atom stereocenters. The van der Waals surface area contributed by atoms with E-state index in [4.69, 9.17) is 4.74 Å². The maximum Gasteiger partial charge on any atom is 0.282 e. The molecule has 0 amide bonds. The molecule has 1 spiro atoms. The number of hydrogen-bond donors (Lipinski definition) is 0. The van der Waals surface area contributed by atoms with Gasteiger partial charge >= 0.3 is 0 Å². The van der Waals surface area contributed by atoms with Crippen LogP contribution in [0.4, 0.5) is 0 Å². The van der Waals surface area contributed by atoms with Gasteiger partial charge in [0.1, 0.15) is 0 Å². The molecule has 23 heavy (non-hydrogen) atoms. The lowest BCUT2D eigenvalue weighted by molar-refractivity contribution is -0.146. The summed E-state index contributed by atoms with van der Waals surface area (Å²) in [4.78, 5) is 0. The van der Waals surface area contributed by atoms with Gasteiger partial charge in [-0.3, -0.25) is 0 Å². The normalized spacial score (nSPS) is 34.9. The molecule has 5 nitrogen and oxygen atoms in total. The highest BCUT2D eigenvalue weighted by Crippen LogP contribution is 2.57. The van der Waals surface area contributed by atoms with Crippen LogP contribution in [0.3, 0.4) is 0 Å². The minimum atomic E-state index is -3.35. The van der Waals surface area contributed by atoms with Crippen molar-refractivity contribution >= 4 is 10.2 Å². The Kier molecular flexibility index (Phi) is 5.08. The zero-order chi connectivity index (χ0) is 16.7. The van der Waals surface area contributed by atoms with Crippen molar-refractivity contribution in [2.75, 3.05) is 26.7 Å². The van der Waals surface area contributed by atoms with Crippen LogP contribution in [0, 0.1) is 11.3 Å². The second-order valence-electron chi connectivity index (χ2n) is 7.77. The van der Waals surface area contributed by atoms with E-state index in [0.29, 0.717) is 19.0 Å². The number of ether oxygens (including phenoxy) is 1. The number of hydrogen-bond acceptors (Lipinski definition) is 3. The van der Waals surface area contributed by atoms with E-state index in [0.717, 1.165) is 38.7 Å². The van der Waals surface area contributed by atoms with E-state index in [9.17, 15) is 8.42 Å². The van der Waals surface area contributed by atoms with Crippen LogP contribution in [0.25, 0.3) is 0 Å². The van der Waals surface area contributed by atoms with Crippen LogP contribution >= 0.6 is 0 Å². The van der Waals surface area contributed by atoms with Crippen LogP contribution in [0.5, 0.6) is 0 Å². The van der Waals surface area contributed by atoms with E-state index in [1.807, 2.05) is 6.92 Å². The average molecular weight is 345 g/mol. The molecule has 0 aromatic rings. The van der Waals surface area contributed by atoms with Gasteiger partial charge in [0.15, 0.2) is 0 Å².